The van der Waals surface area contributed by atoms with Crippen LogP contribution in [0.25, 0.3) is 0 Å². The lowest BCUT2D eigenvalue weighted by Crippen LogP contribution is -2.50. The second-order valence-corrected chi connectivity index (χ2v) is 5.46. The molecule has 2 nitrogen and oxygen atoms in total. The highest BCUT2D eigenvalue weighted by molar-refractivity contribution is 4.80. The highest BCUT2D eigenvalue weighted by Crippen LogP contribution is 2.15. The van der Waals surface area contributed by atoms with Crippen molar-refractivity contribution in [3.8, 4) is 0 Å². The average Bonchev–Trinajstić information content (AvgIpc) is 2.22. The van der Waals surface area contributed by atoms with E-state index in [-0.39, 0.29) is 0 Å². The van der Waals surface area contributed by atoms with Gasteiger partial charge in [0.25, 0.3) is 0 Å². The summed E-state index contributed by atoms with van der Waals surface area (Å²) in [5.41, 5.74) is 0. The Bertz CT molecular complexity index is 166. The molecule has 0 aromatic heterocycles. The van der Waals surface area contributed by atoms with Crippen molar-refractivity contribution < 1.29 is 0 Å². The molecular weight excluding hydrogens is 196 g/mol. The first-order chi connectivity index (χ1) is 7.43. The van der Waals surface area contributed by atoms with Crippen molar-refractivity contribution in [2.45, 2.75) is 73.0 Å². The summed E-state index contributed by atoms with van der Waals surface area (Å²) in [5, 5.41) is 3.58. The van der Waals surface area contributed by atoms with Crippen LogP contribution in [0.4, 0.5) is 0 Å². The largest absolute Gasteiger partial charge is 0.313 e. The molecule has 98 valence electrons. The number of nitrogens with one attached hydrogen (secondary N) is 1. The Morgan fingerprint density at radius 3 is 1.88 bits per heavy atom. The Morgan fingerprint density at radius 2 is 1.56 bits per heavy atom. The first-order valence-corrected chi connectivity index (χ1v) is 6.93. The molecule has 0 spiro atoms. The van der Waals surface area contributed by atoms with E-state index in [0.29, 0.717) is 24.0 Å². The number of nitrogens with zero attached hydrogens (tertiary/aromatic N) is 1. The molecule has 2 unspecified atom stereocenters. The number of hydrogen-bond acceptors (Lipinski definition) is 2. The SMILES string of the molecule is CCC(C)N(CC)C(CNC(C)C)C(C)C. The fourth-order valence-electron chi connectivity index (χ4n) is 2.20. The van der Waals surface area contributed by atoms with E-state index in [4.69, 9.17) is 0 Å². The van der Waals surface area contributed by atoms with Crippen LogP contribution in [-0.2, 0) is 0 Å². The molecule has 0 aromatic rings. The van der Waals surface area contributed by atoms with Gasteiger partial charge in [0.05, 0.1) is 0 Å². The van der Waals surface area contributed by atoms with Gasteiger partial charge < -0.3 is 5.32 Å². The Balaban J connectivity index is 4.46. The fraction of sp³-hybridized carbons (Fsp3) is 1.00. The van der Waals surface area contributed by atoms with Gasteiger partial charge in [0.15, 0.2) is 0 Å². The molecule has 2 atom stereocenters. The number of rotatable bonds is 8. The van der Waals surface area contributed by atoms with E-state index in [2.05, 4.69) is 58.7 Å². The molecule has 0 saturated heterocycles. The van der Waals surface area contributed by atoms with E-state index < -0.39 is 0 Å². The Morgan fingerprint density at radius 1 is 1.00 bits per heavy atom. The summed E-state index contributed by atoms with van der Waals surface area (Å²) >= 11 is 0. The molecule has 0 aliphatic heterocycles. The Kier molecular flexibility index (Phi) is 8.04. The van der Waals surface area contributed by atoms with Crippen LogP contribution in [-0.4, -0.2) is 36.1 Å². The van der Waals surface area contributed by atoms with Gasteiger partial charge in [-0.3, -0.25) is 4.90 Å². The predicted molar refractivity (Wildman–Crippen MR) is 73.9 cm³/mol. The summed E-state index contributed by atoms with van der Waals surface area (Å²) < 4.78 is 0. The molecule has 0 aliphatic rings. The number of likely N-dealkylation sites (N-methyl/N-ethyl adjacent to an activating group) is 1. The first-order valence-electron chi connectivity index (χ1n) is 6.93. The molecule has 0 aromatic carbocycles. The predicted octanol–water partition coefficient (Wildman–Crippen LogP) is 3.13. The van der Waals surface area contributed by atoms with Crippen molar-refractivity contribution in [1.29, 1.82) is 0 Å². The van der Waals surface area contributed by atoms with Gasteiger partial charge in [-0.05, 0) is 25.8 Å². The molecule has 0 rings (SSSR count). The van der Waals surface area contributed by atoms with Gasteiger partial charge in [-0.1, -0.05) is 41.5 Å². The number of hydrogen-bond donors (Lipinski definition) is 1. The molecule has 0 saturated carbocycles. The lowest BCUT2D eigenvalue weighted by Gasteiger charge is -2.38. The third kappa shape index (κ3) is 5.31. The van der Waals surface area contributed by atoms with E-state index in [1.54, 1.807) is 0 Å². The van der Waals surface area contributed by atoms with Crippen molar-refractivity contribution in [3.05, 3.63) is 0 Å². The second-order valence-electron chi connectivity index (χ2n) is 5.46. The molecular formula is C14H32N2. The van der Waals surface area contributed by atoms with Crippen LogP contribution in [0.3, 0.4) is 0 Å². The van der Waals surface area contributed by atoms with Gasteiger partial charge in [-0.15, -0.1) is 0 Å². The molecule has 0 radical (unpaired) electrons. The molecule has 2 heteroatoms. The fourth-order valence-corrected chi connectivity index (χ4v) is 2.20. The summed E-state index contributed by atoms with van der Waals surface area (Å²) in [6.07, 6.45) is 1.23. The monoisotopic (exact) mass is 228 g/mol. The zero-order valence-electron chi connectivity index (χ0n) is 12.4. The minimum absolute atomic E-state index is 0.580. The van der Waals surface area contributed by atoms with Crippen molar-refractivity contribution >= 4 is 0 Å². The summed E-state index contributed by atoms with van der Waals surface area (Å²) in [6, 6.07) is 1.92. The topological polar surface area (TPSA) is 15.3 Å². The maximum atomic E-state index is 3.58. The van der Waals surface area contributed by atoms with Gasteiger partial charge in [0.2, 0.25) is 0 Å². The molecule has 1 N–H and O–H groups in total. The maximum absolute atomic E-state index is 3.58. The van der Waals surface area contributed by atoms with Crippen LogP contribution in [0.5, 0.6) is 0 Å². The smallest absolute Gasteiger partial charge is 0.0246 e. The van der Waals surface area contributed by atoms with Crippen molar-refractivity contribution in [3.63, 3.8) is 0 Å². The summed E-state index contributed by atoms with van der Waals surface area (Å²) in [5.74, 6) is 0.709. The molecule has 0 aliphatic carbocycles. The van der Waals surface area contributed by atoms with Crippen LogP contribution in [0.2, 0.25) is 0 Å². The quantitative estimate of drug-likeness (QED) is 0.686. The minimum atomic E-state index is 0.580. The van der Waals surface area contributed by atoms with Gasteiger partial charge in [0, 0.05) is 24.7 Å². The normalized spacial score (nSPS) is 16.1. The van der Waals surface area contributed by atoms with Gasteiger partial charge in [-0.25, -0.2) is 0 Å². The highest BCUT2D eigenvalue weighted by atomic mass is 15.2. The van der Waals surface area contributed by atoms with Crippen LogP contribution < -0.4 is 5.32 Å². The van der Waals surface area contributed by atoms with Crippen molar-refractivity contribution in [2.24, 2.45) is 5.92 Å². The lowest BCUT2D eigenvalue weighted by atomic mass is 9.99. The zero-order valence-corrected chi connectivity index (χ0v) is 12.4. The molecule has 0 fully saturated rings. The van der Waals surface area contributed by atoms with Crippen molar-refractivity contribution in [2.75, 3.05) is 13.1 Å². The van der Waals surface area contributed by atoms with E-state index in [1.807, 2.05) is 0 Å². The van der Waals surface area contributed by atoms with Crippen molar-refractivity contribution in [1.82, 2.24) is 10.2 Å². The van der Waals surface area contributed by atoms with E-state index in [1.165, 1.54) is 6.42 Å². The minimum Gasteiger partial charge on any atom is -0.313 e. The van der Waals surface area contributed by atoms with Crippen LogP contribution in [0.15, 0.2) is 0 Å². The third-order valence-corrected chi connectivity index (χ3v) is 3.45. The Hall–Kier alpha value is -0.0800. The Labute approximate surface area is 103 Å². The summed E-state index contributed by atoms with van der Waals surface area (Å²) in [6.45, 7) is 18.3. The highest BCUT2D eigenvalue weighted by Gasteiger charge is 2.23. The summed E-state index contributed by atoms with van der Waals surface area (Å²) in [7, 11) is 0. The zero-order chi connectivity index (χ0) is 12.7. The first kappa shape index (κ1) is 15.9. The van der Waals surface area contributed by atoms with Crippen LogP contribution in [0, 0.1) is 5.92 Å². The standard InChI is InChI=1S/C14H32N2/c1-8-13(7)16(9-2)14(11(3)4)10-15-12(5)6/h11-15H,8-10H2,1-7H3. The summed E-state index contributed by atoms with van der Waals surface area (Å²) in [4.78, 5) is 2.64. The van der Waals surface area contributed by atoms with Crippen LogP contribution in [0.1, 0.15) is 54.9 Å². The maximum Gasteiger partial charge on any atom is 0.0246 e. The molecule has 16 heavy (non-hydrogen) atoms. The van der Waals surface area contributed by atoms with E-state index >= 15 is 0 Å². The average molecular weight is 228 g/mol. The molecule has 0 heterocycles. The van der Waals surface area contributed by atoms with Gasteiger partial charge in [0.1, 0.15) is 0 Å². The third-order valence-electron chi connectivity index (χ3n) is 3.45. The molecule has 0 amide bonds. The second kappa shape index (κ2) is 8.08. The van der Waals surface area contributed by atoms with Crippen LogP contribution >= 0.6 is 0 Å². The van der Waals surface area contributed by atoms with Gasteiger partial charge in [-0.2, -0.15) is 0 Å². The van der Waals surface area contributed by atoms with E-state index in [9.17, 15) is 0 Å². The lowest BCUT2D eigenvalue weighted by molar-refractivity contribution is 0.110. The molecule has 0 bridgehead atoms. The van der Waals surface area contributed by atoms with E-state index in [0.717, 1.165) is 13.1 Å². The van der Waals surface area contributed by atoms with Gasteiger partial charge >= 0.3 is 0 Å².